The number of hydrogen-bond acceptors (Lipinski definition) is 6. The largest absolute Gasteiger partial charge is 0.489 e. The Labute approximate surface area is 223 Å². The van der Waals surface area contributed by atoms with Crippen molar-refractivity contribution >= 4 is 16.9 Å². The van der Waals surface area contributed by atoms with Crippen LogP contribution in [0.3, 0.4) is 0 Å². The zero-order valence-electron chi connectivity index (χ0n) is 22.3. The third kappa shape index (κ3) is 6.50. The van der Waals surface area contributed by atoms with Gasteiger partial charge in [-0.2, -0.15) is 0 Å². The molecule has 4 aromatic rings. The Morgan fingerprint density at radius 1 is 1.13 bits per heavy atom. The fraction of sp³-hybridized carbons (Fsp3) is 0.367. The van der Waals surface area contributed by atoms with Crippen molar-refractivity contribution in [2.75, 3.05) is 19.7 Å². The van der Waals surface area contributed by atoms with E-state index in [-0.39, 0.29) is 17.9 Å². The summed E-state index contributed by atoms with van der Waals surface area (Å²) in [5.41, 5.74) is 3.93. The van der Waals surface area contributed by atoms with Crippen LogP contribution >= 0.6 is 0 Å². The highest BCUT2D eigenvalue weighted by Gasteiger charge is 2.23. The van der Waals surface area contributed by atoms with E-state index in [1.54, 1.807) is 6.20 Å². The molecule has 1 amide bonds. The van der Waals surface area contributed by atoms with Crippen molar-refractivity contribution in [3.05, 3.63) is 77.7 Å². The van der Waals surface area contributed by atoms with E-state index in [1.807, 2.05) is 55.5 Å². The summed E-state index contributed by atoms with van der Waals surface area (Å²) in [5, 5.41) is 3.03. The predicted molar refractivity (Wildman–Crippen MR) is 147 cm³/mol. The molecule has 0 unspecified atom stereocenters. The Bertz CT molecular complexity index is 1410. The van der Waals surface area contributed by atoms with E-state index in [0.717, 1.165) is 41.8 Å². The predicted octanol–water partition coefficient (Wildman–Crippen LogP) is 5.38. The molecular weight excluding hydrogens is 478 g/mol. The zero-order chi connectivity index (χ0) is 26.5. The van der Waals surface area contributed by atoms with Crippen molar-refractivity contribution in [2.45, 2.75) is 46.7 Å². The number of hydrogen-bond donors (Lipinski definition) is 2. The molecule has 1 aliphatic heterocycles. The highest BCUT2D eigenvalue weighted by molar-refractivity contribution is 5.78. The number of pyridine rings is 1. The molecule has 0 bridgehead atoms. The third-order valence-corrected chi connectivity index (χ3v) is 6.75. The molecule has 0 atom stereocenters. The van der Waals surface area contributed by atoms with Crippen LogP contribution in [0.4, 0.5) is 0 Å². The Hall–Kier alpha value is -3.91. The van der Waals surface area contributed by atoms with Crippen molar-refractivity contribution in [1.82, 2.24) is 25.2 Å². The van der Waals surface area contributed by atoms with Gasteiger partial charge in [0.2, 0.25) is 11.8 Å². The first-order chi connectivity index (χ1) is 18.3. The summed E-state index contributed by atoms with van der Waals surface area (Å²) in [6, 6.07) is 17.7. The van der Waals surface area contributed by atoms with E-state index in [0.29, 0.717) is 37.1 Å². The van der Waals surface area contributed by atoms with Crippen LogP contribution in [-0.4, -0.2) is 45.5 Å². The second-order valence-corrected chi connectivity index (χ2v) is 10.8. The molecule has 8 heteroatoms. The number of imidazole rings is 1. The Morgan fingerprint density at radius 2 is 1.97 bits per heavy atom. The first kappa shape index (κ1) is 25.7. The number of para-hydroxylation sites is 2. The number of nitrogens with zero attached hydrogens (tertiary/aromatic N) is 3. The smallest absolute Gasteiger partial charge is 0.234 e. The zero-order valence-corrected chi connectivity index (χ0v) is 22.3. The summed E-state index contributed by atoms with van der Waals surface area (Å²) >= 11 is 0. The van der Waals surface area contributed by atoms with Gasteiger partial charge in [0.1, 0.15) is 5.82 Å². The van der Waals surface area contributed by atoms with E-state index in [2.05, 4.69) is 45.1 Å². The summed E-state index contributed by atoms with van der Waals surface area (Å²) in [6.45, 7) is 8.96. The molecule has 2 N–H and O–H groups in total. The molecule has 198 valence electrons. The maximum absolute atomic E-state index is 13.0. The fourth-order valence-corrected chi connectivity index (χ4v) is 4.68. The number of aryl methyl sites for hydroxylation is 1. The van der Waals surface area contributed by atoms with Crippen molar-refractivity contribution in [2.24, 2.45) is 5.41 Å². The van der Waals surface area contributed by atoms with E-state index >= 15 is 0 Å². The van der Waals surface area contributed by atoms with Gasteiger partial charge in [-0.05, 0) is 67.6 Å². The molecule has 0 saturated heterocycles. The van der Waals surface area contributed by atoms with Gasteiger partial charge in [0.05, 0.1) is 30.7 Å². The summed E-state index contributed by atoms with van der Waals surface area (Å²) in [6.07, 6.45) is 3.62. The van der Waals surface area contributed by atoms with Gasteiger partial charge in [0.25, 0.3) is 0 Å². The van der Waals surface area contributed by atoms with Gasteiger partial charge >= 0.3 is 0 Å². The minimum absolute atomic E-state index is 0.0279. The molecular formula is C30H35N5O3. The minimum atomic E-state index is -0.0507. The van der Waals surface area contributed by atoms with Crippen LogP contribution in [0.2, 0.25) is 0 Å². The first-order valence-corrected chi connectivity index (χ1v) is 13.1. The molecule has 1 aliphatic rings. The van der Waals surface area contributed by atoms with Crippen LogP contribution in [0.15, 0.2) is 60.8 Å². The lowest BCUT2D eigenvalue weighted by molar-refractivity contribution is -0.122. The number of fused-ring (bicyclic) bond motifs is 3. The van der Waals surface area contributed by atoms with Gasteiger partial charge in [-0.25, -0.2) is 9.97 Å². The molecule has 2 aromatic carbocycles. The van der Waals surface area contributed by atoms with Crippen LogP contribution in [0.5, 0.6) is 17.4 Å². The monoisotopic (exact) mass is 513 g/mol. The highest BCUT2D eigenvalue weighted by atomic mass is 16.5. The van der Waals surface area contributed by atoms with Gasteiger partial charge < -0.3 is 19.8 Å². The van der Waals surface area contributed by atoms with Crippen molar-refractivity contribution in [3.8, 4) is 17.4 Å². The van der Waals surface area contributed by atoms with Gasteiger partial charge in [-0.3, -0.25) is 9.69 Å². The van der Waals surface area contributed by atoms with Crippen LogP contribution < -0.4 is 14.8 Å². The molecule has 0 saturated carbocycles. The van der Waals surface area contributed by atoms with Gasteiger partial charge in [-0.15, -0.1) is 0 Å². The Balaban J connectivity index is 1.31. The van der Waals surface area contributed by atoms with Crippen molar-refractivity contribution in [1.29, 1.82) is 0 Å². The lowest BCUT2D eigenvalue weighted by Crippen LogP contribution is -2.37. The van der Waals surface area contributed by atoms with E-state index < -0.39 is 0 Å². The lowest BCUT2D eigenvalue weighted by atomic mass is 9.88. The van der Waals surface area contributed by atoms with Gasteiger partial charge in [-0.1, -0.05) is 38.1 Å². The molecule has 3 heterocycles. The molecule has 5 rings (SSSR count). The third-order valence-electron chi connectivity index (χ3n) is 6.75. The quantitative estimate of drug-likeness (QED) is 0.381. The number of H-pyrrole nitrogens is 1. The maximum Gasteiger partial charge on any atom is 0.234 e. The SMILES string of the molecule is Cc1ccc2nc(CNC(=O)CN3CCCC(C)(C)COc4ccccc4Oc4ncccc4C3)[nH]c2c1. The summed E-state index contributed by atoms with van der Waals surface area (Å²) in [7, 11) is 0. The number of ether oxygens (including phenoxy) is 2. The van der Waals surface area contributed by atoms with Crippen LogP contribution in [0.25, 0.3) is 11.0 Å². The number of nitrogens with one attached hydrogen (secondary N) is 2. The molecule has 2 aromatic heterocycles. The number of aromatic nitrogens is 3. The highest BCUT2D eigenvalue weighted by Crippen LogP contribution is 2.34. The number of amides is 1. The van der Waals surface area contributed by atoms with Gasteiger partial charge in [0.15, 0.2) is 11.5 Å². The number of carbonyl (C=O) groups is 1. The normalized spacial score (nSPS) is 16.1. The van der Waals surface area contributed by atoms with Crippen molar-refractivity contribution < 1.29 is 14.3 Å². The molecule has 0 fully saturated rings. The number of benzene rings is 2. The van der Waals surface area contributed by atoms with Gasteiger partial charge in [0, 0.05) is 18.3 Å². The number of aromatic amines is 1. The molecule has 8 nitrogen and oxygen atoms in total. The summed E-state index contributed by atoms with van der Waals surface area (Å²) in [5.74, 6) is 2.55. The second kappa shape index (κ2) is 11.2. The molecule has 0 radical (unpaired) electrons. The number of carbonyl (C=O) groups excluding carboxylic acids is 1. The average Bonchev–Trinajstić information content (AvgIpc) is 3.30. The van der Waals surface area contributed by atoms with E-state index in [1.165, 1.54) is 5.56 Å². The van der Waals surface area contributed by atoms with Crippen LogP contribution in [0.1, 0.15) is 43.6 Å². The fourth-order valence-electron chi connectivity index (χ4n) is 4.68. The van der Waals surface area contributed by atoms with Crippen LogP contribution in [0, 0.1) is 12.3 Å². The average molecular weight is 514 g/mol. The minimum Gasteiger partial charge on any atom is -0.489 e. The first-order valence-electron chi connectivity index (χ1n) is 13.1. The summed E-state index contributed by atoms with van der Waals surface area (Å²) in [4.78, 5) is 27.6. The standard InChI is InChI=1S/C30H35N5O3/c1-21-11-12-23-24(16-21)34-27(33-23)17-32-28(36)19-35-15-7-13-30(2,3)20-37-25-9-4-5-10-26(25)38-29-22(18-35)8-6-14-31-29/h4-6,8-12,14,16H,7,13,15,17-20H2,1-3H3,(H,32,36)(H,33,34). The van der Waals surface area contributed by atoms with Crippen LogP contribution in [-0.2, 0) is 17.9 Å². The second-order valence-electron chi connectivity index (χ2n) is 10.8. The Morgan fingerprint density at radius 3 is 2.84 bits per heavy atom. The lowest BCUT2D eigenvalue weighted by Gasteiger charge is -2.27. The topological polar surface area (TPSA) is 92.4 Å². The molecule has 38 heavy (non-hydrogen) atoms. The Kier molecular flexibility index (Phi) is 7.60. The van der Waals surface area contributed by atoms with E-state index in [4.69, 9.17) is 9.47 Å². The maximum atomic E-state index is 13.0. The van der Waals surface area contributed by atoms with E-state index in [9.17, 15) is 4.79 Å². The van der Waals surface area contributed by atoms with Crippen molar-refractivity contribution in [3.63, 3.8) is 0 Å². The molecule has 0 aliphatic carbocycles. The number of rotatable bonds is 4. The molecule has 0 spiro atoms. The summed E-state index contributed by atoms with van der Waals surface area (Å²) < 4.78 is 12.4.